The zero-order chi connectivity index (χ0) is 15.6. The first kappa shape index (κ1) is 14.7. The van der Waals surface area contributed by atoms with Crippen LogP contribution in [0.5, 0.6) is 0 Å². The van der Waals surface area contributed by atoms with Crippen LogP contribution in [-0.4, -0.2) is 45.2 Å². The largest absolute Gasteiger partial charge is 0.325 e. The minimum absolute atomic E-state index is 0.127. The van der Waals surface area contributed by atoms with E-state index < -0.39 is 35.0 Å². The Bertz CT molecular complexity index is 676. The third-order valence-corrected chi connectivity index (χ3v) is 3.12. The molecule has 0 aromatic carbocycles. The number of nitrogens with zero attached hydrogens (tertiary/aromatic N) is 1. The maximum absolute atomic E-state index is 12.2. The topological polar surface area (TPSA) is 132 Å². The fourth-order valence-corrected chi connectivity index (χ4v) is 2.21. The highest BCUT2D eigenvalue weighted by atomic mass is 16.2. The Morgan fingerprint density at radius 2 is 2.00 bits per heavy atom. The summed E-state index contributed by atoms with van der Waals surface area (Å²) in [6, 6.07) is 0.357. The molecule has 1 aromatic heterocycles. The zero-order valence-corrected chi connectivity index (χ0v) is 11.3. The Morgan fingerprint density at radius 3 is 2.62 bits per heavy atom. The molecule has 112 valence electrons. The Labute approximate surface area is 118 Å². The summed E-state index contributed by atoms with van der Waals surface area (Å²) in [5, 5.41) is 2.16. The van der Waals surface area contributed by atoms with E-state index in [-0.39, 0.29) is 18.7 Å². The number of aromatic amines is 2. The summed E-state index contributed by atoms with van der Waals surface area (Å²) in [4.78, 5) is 63.0. The van der Waals surface area contributed by atoms with Crippen LogP contribution >= 0.6 is 0 Å². The van der Waals surface area contributed by atoms with E-state index in [9.17, 15) is 24.0 Å². The smallest absolute Gasteiger partial charge is 0.321 e. The van der Waals surface area contributed by atoms with Gasteiger partial charge in [-0.3, -0.25) is 29.5 Å². The number of amides is 3. The lowest BCUT2D eigenvalue weighted by Gasteiger charge is -2.33. The fourth-order valence-electron chi connectivity index (χ4n) is 2.21. The maximum atomic E-state index is 12.2. The number of piperazine rings is 1. The number of rotatable bonds is 3. The van der Waals surface area contributed by atoms with E-state index in [1.165, 1.54) is 0 Å². The highest BCUT2D eigenvalue weighted by Gasteiger charge is 2.35. The molecule has 9 nitrogen and oxygen atoms in total. The van der Waals surface area contributed by atoms with Gasteiger partial charge in [-0.25, -0.2) is 4.79 Å². The second-order valence-electron chi connectivity index (χ2n) is 4.65. The number of aromatic nitrogens is 2. The molecule has 0 radical (unpaired) electrons. The molecule has 1 unspecified atom stereocenters. The van der Waals surface area contributed by atoms with E-state index in [1.807, 2.05) is 4.98 Å². The van der Waals surface area contributed by atoms with Crippen LogP contribution in [0.2, 0.25) is 0 Å². The SMILES string of the molecule is CCC1C(=O)NC(=O)CN1C(=O)Cc1cc(=O)[nH]c(=O)[nH]1. The highest BCUT2D eigenvalue weighted by Crippen LogP contribution is 2.11. The molecule has 1 saturated heterocycles. The van der Waals surface area contributed by atoms with E-state index in [2.05, 4.69) is 10.3 Å². The summed E-state index contributed by atoms with van der Waals surface area (Å²) < 4.78 is 0. The monoisotopic (exact) mass is 294 g/mol. The molecular weight excluding hydrogens is 280 g/mol. The quantitative estimate of drug-likeness (QED) is 0.548. The van der Waals surface area contributed by atoms with Crippen molar-refractivity contribution in [3.8, 4) is 0 Å². The van der Waals surface area contributed by atoms with Gasteiger partial charge in [0.2, 0.25) is 17.7 Å². The van der Waals surface area contributed by atoms with Crippen LogP contribution in [0, 0.1) is 0 Å². The number of hydrogen-bond acceptors (Lipinski definition) is 5. The Hall–Kier alpha value is -2.71. The first-order valence-electron chi connectivity index (χ1n) is 6.36. The molecule has 0 saturated carbocycles. The number of carbonyl (C=O) groups excluding carboxylic acids is 3. The van der Waals surface area contributed by atoms with Crippen molar-refractivity contribution in [2.24, 2.45) is 0 Å². The van der Waals surface area contributed by atoms with Crippen LogP contribution < -0.4 is 16.6 Å². The summed E-state index contributed by atoms with van der Waals surface area (Å²) in [7, 11) is 0. The molecule has 1 aromatic rings. The van der Waals surface area contributed by atoms with Crippen LogP contribution in [0.3, 0.4) is 0 Å². The molecule has 0 spiro atoms. The van der Waals surface area contributed by atoms with Gasteiger partial charge in [-0.2, -0.15) is 0 Å². The molecular formula is C12H14N4O5. The molecule has 2 rings (SSSR count). The second-order valence-corrected chi connectivity index (χ2v) is 4.65. The number of hydrogen-bond donors (Lipinski definition) is 3. The summed E-state index contributed by atoms with van der Waals surface area (Å²) >= 11 is 0. The third-order valence-electron chi connectivity index (χ3n) is 3.12. The van der Waals surface area contributed by atoms with Crippen LogP contribution in [0.15, 0.2) is 15.7 Å². The summed E-state index contributed by atoms with van der Waals surface area (Å²) in [5.41, 5.74) is -1.21. The van der Waals surface area contributed by atoms with Crippen molar-refractivity contribution >= 4 is 17.7 Å². The average molecular weight is 294 g/mol. The van der Waals surface area contributed by atoms with Crippen molar-refractivity contribution < 1.29 is 14.4 Å². The minimum Gasteiger partial charge on any atom is -0.321 e. The van der Waals surface area contributed by atoms with Gasteiger partial charge in [-0.05, 0) is 6.42 Å². The number of imide groups is 1. The van der Waals surface area contributed by atoms with Crippen molar-refractivity contribution in [3.05, 3.63) is 32.6 Å². The molecule has 21 heavy (non-hydrogen) atoms. The Kier molecular flexibility index (Phi) is 4.01. The third kappa shape index (κ3) is 3.25. The van der Waals surface area contributed by atoms with E-state index in [0.717, 1.165) is 11.0 Å². The molecule has 0 aliphatic carbocycles. The summed E-state index contributed by atoms with van der Waals surface area (Å²) in [5.74, 6) is -1.59. The van der Waals surface area contributed by atoms with Gasteiger partial charge in [0, 0.05) is 11.8 Å². The molecule has 1 atom stereocenters. The van der Waals surface area contributed by atoms with Gasteiger partial charge in [-0.15, -0.1) is 0 Å². The lowest BCUT2D eigenvalue weighted by atomic mass is 10.1. The number of H-pyrrole nitrogens is 2. The van der Waals surface area contributed by atoms with Crippen LogP contribution in [0.1, 0.15) is 19.0 Å². The van der Waals surface area contributed by atoms with E-state index in [4.69, 9.17) is 0 Å². The fraction of sp³-hybridized carbons (Fsp3) is 0.417. The summed E-state index contributed by atoms with van der Waals surface area (Å²) in [6.07, 6.45) is 0.0902. The van der Waals surface area contributed by atoms with Gasteiger partial charge in [0.1, 0.15) is 12.6 Å². The molecule has 1 aliphatic rings. The highest BCUT2D eigenvalue weighted by molar-refractivity contribution is 6.04. The van der Waals surface area contributed by atoms with Gasteiger partial charge < -0.3 is 9.88 Å². The predicted molar refractivity (Wildman–Crippen MR) is 70.3 cm³/mol. The van der Waals surface area contributed by atoms with Crippen LogP contribution in [-0.2, 0) is 20.8 Å². The lowest BCUT2D eigenvalue weighted by Crippen LogP contribution is -2.59. The summed E-state index contributed by atoms with van der Waals surface area (Å²) in [6.45, 7) is 1.49. The molecule has 0 bridgehead atoms. The lowest BCUT2D eigenvalue weighted by molar-refractivity contribution is -0.149. The Balaban J connectivity index is 2.21. The predicted octanol–water partition coefficient (Wildman–Crippen LogP) is -2.13. The second kappa shape index (κ2) is 5.73. The molecule has 1 aliphatic heterocycles. The van der Waals surface area contributed by atoms with Crippen molar-refractivity contribution in [1.29, 1.82) is 0 Å². The van der Waals surface area contributed by atoms with Gasteiger partial charge in [0.25, 0.3) is 5.56 Å². The van der Waals surface area contributed by atoms with Crippen molar-refractivity contribution in [2.45, 2.75) is 25.8 Å². The van der Waals surface area contributed by atoms with Crippen molar-refractivity contribution in [1.82, 2.24) is 20.2 Å². The van der Waals surface area contributed by atoms with Crippen LogP contribution in [0.4, 0.5) is 0 Å². The van der Waals surface area contributed by atoms with E-state index in [0.29, 0.717) is 6.42 Å². The van der Waals surface area contributed by atoms with Gasteiger partial charge in [-0.1, -0.05) is 6.92 Å². The molecule has 2 heterocycles. The molecule has 3 amide bonds. The molecule has 3 N–H and O–H groups in total. The molecule has 9 heteroatoms. The van der Waals surface area contributed by atoms with Gasteiger partial charge in [0.05, 0.1) is 6.42 Å². The van der Waals surface area contributed by atoms with E-state index >= 15 is 0 Å². The van der Waals surface area contributed by atoms with E-state index in [1.54, 1.807) is 6.92 Å². The Morgan fingerprint density at radius 1 is 1.29 bits per heavy atom. The maximum Gasteiger partial charge on any atom is 0.325 e. The van der Waals surface area contributed by atoms with Gasteiger partial charge >= 0.3 is 5.69 Å². The first-order valence-corrected chi connectivity index (χ1v) is 6.36. The van der Waals surface area contributed by atoms with Crippen LogP contribution in [0.25, 0.3) is 0 Å². The normalized spacial score (nSPS) is 18.5. The van der Waals surface area contributed by atoms with Crippen molar-refractivity contribution in [3.63, 3.8) is 0 Å². The van der Waals surface area contributed by atoms with Gasteiger partial charge in [0.15, 0.2) is 0 Å². The first-order chi connectivity index (χ1) is 9.90. The zero-order valence-electron chi connectivity index (χ0n) is 11.3. The number of nitrogens with one attached hydrogen (secondary N) is 3. The van der Waals surface area contributed by atoms with Crippen molar-refractivity contribution in [2.75, 3.05) is 6.54 Å². The number of carbonyl (C=O) groups is 3. The minimum atomic E-state index is -0.732. The average Bonchev–Trinajstić information content (AvgIpc) is 2.36. The standard InChI is InChI=1S/C12H14N4O5/c1-2-7-11(20)14-9(18)5-16(7)10(19)4-6-3-8(17)15-12(21)13-6/h3,7H,2,4-5H2,1H3,(H,14,18,20)(H2,13,15,17,21). The molecule has 1 fully saturated rings.